The molecule has 0 aliphatic rings. The average molecular weight is 252 g/mol. The molecule has 0 bridgehead atoms. The van der Waals surface area contributed by atoms with Crippen molar-refractivity contribution in [2.24, 2.45) is 0 Å². The molecular formula is C14H20FNO2. The second kappa shape index (κ2) is 7.95. The number of aliphatic hydroxyl groups is 1. The number of alkyl halides is 1. The van der Waals surface area contributed by atoms with E-state index in [4.69, 9.17) is 10.1 Å². The van der Waals surface area contributed by atoms with Crippen molar-refractivity contribution in [3.05, 3.63) is 35.4 Å². The standard InChI is InChI=1S/C14H20FNO2/c1-11(16)2-7-14(17)13-5-3-12(4-6-13)10-18-9-8-15/h3-6,14,16-17H,2,7-10H2,1H3/i15-1. The van der Waals surface area contributed by atoms with E-state index in [1.165, 1.54) is 0 Å². The van der Waals surface area contributed by atoms with Gasteiger partial charge in [-0.3, -0.25) is 0 Å². The molecule has 18 heavy (non-hydrogen) atoms. The van der Waals surface area contributed by atoms with Crippen LogP contribution >= 0.6 is 0 Å². The van der Waals surface area contributed by atoms with Crippen LogP contribution in [0, 0.1) is 5.41 Å². The summed E-state index contributed by atoms with van der Waals surface area (Å²) >= 11 is 0. The van der Waals surface area contributed by atoms with E-state index in [1.807, 2.05) is 24.3 Å². The van der Waals surface area contributed by atoms with Crippen LogP contribution in [0.4, 0.5) is 4.39 Å². The Kier molecular flexibility index (Phi) is 6.54. The van der Waals surface area contributed by atoms with Crippen LogP contribution in [0.2, 0.25) is 0 Å². The quantitative estimate of drug-likeness (QED) is 0.552. The lowest BCUT2D eigenvalue weighted by atomic mass is 10.0. The summed E-state index contributed by atoms with van der Waals surface area (Å²) < 4.78 is 16.9. The third-order valence-corrected chi connectivity index (χ3v) is 2.65. The number of benzene rings is 1. The largest absolute Gasteiger partial charge is 0.388 e. The van der Waals surface area contributed by atoms with E-state index in [2.05, 4.69) is 0 Å². The number of nitrogens with one attached hydrogen (secondary N) is 1. The molecule has 0 fully saturated rings. The minimum atomic E-state index is -0.536. The van der Waals surface area contributed by atoms with Crippen LogP contribution < -0.4 is 0 Å². The molecule has 0 saturated heterocycles. The summed E-state index contributed by atoms with van der Waals surface area (Å²) in [5, 5.41) is 17.2. The number of hydrogen-bond acceptors (Lipinski definition) is 3. The lowest BCUT2D eigenvalue weighted by Gasteiger charge is -2.11. The van der Waals surface area contributed by atoms with Gasteiger partial charge in [0.1, 0.15) is 6.67 Å². The molecule has 1 rings (SSSR count). The molecule has 0 saturated carbocycles. The minimum absolute atomic E-state index is 0.114. The van der Waals surface area contributed by atoms with Gasteiger partial charge in [0, 0.05) is 5.71 Å². The Morgan fingerprint density at radius 1 is 1.39 bits per heavy atom. The first-order chi connectivity index (χ1) is 8.63. The van der Waals surface area contributed by atoms with E-state index in [-0.39, 0.29) is 6.61 Å². The van der Waals surface area contributed by atoms with E-state index in [0.717, 1.165) is 11.1 Å². The summed E-state index contributed by atoms with van der Waals surface area (Å²) in [5.74, 6) is 0. The topological polar surface area (TPSA) is 53.3 Å². The SMILES string of the molecule is CC(=N)CCC(O)c1ccc(COCC[18F])cc1. The Balaban J connectivity index is 2.45. The molecule has 0 radical (unpaired) electrons. The molecule has 0 heterocycles. The fraction of sp³-hybridized carbons (Fsp3) is 0.500. The van der Waals surface area contributed by atoms with Gasteiger partial charge < -0.3 is 15.3 Å². The monoisotopic (exact) mass is 252 g/mol. The maximum atomic E-state index is 11.8. The summed E-state index contributed by atoms with van der Waals surface area (Å²) in [4.78, 5) is 0. The van der Waals surface area contributed by atoms with Crippen LogP contribution in [0.3, 0.4) is 0 Å². The van der Waals surface area contributed by atoms with Crippen LogP contribution in [-0.2, 0) is 11.3 Å². The van der Waals surface area contributed by atoms with E-state index >= 15 is 0 Å². The second-order valence-corrected chi connectivity index (χ2v) is 4.32. The van der Waals surface area contributed by atoms with Crippen molar-refractivity contribution >= 4 is 5.71 Å². The highest BCUT2D eigenvalue weighted by molar-refractivity contribution is 5.78. The summed E-state index contributed by atoms with van der Waals surface area (Å²) in [6.45, 7) is 1.76. The predicted octanol–water partition coefficient (Wildman–Crippen LogP) is 3.03. The molecule has 3 nitrogen and oxygen atoms in total. The number of halogens is 1. The van der Waals surface area contributed by atoms with Gasteiger partial charge in [-0.15, -0.1) is 0 Å². The molecule has 0 spiro atoms. The van der Waals surface area contributed by atoms with Crippen molar-refractivity contribution < 1.29 is 14.2 Å². The van der Waals surface area contributed by atoms with Crippen molar-refractivity contribution in [1.82, 2.24) is 0 Å². The average Bonchev–Trinajstić information content (AvgIpc) is 2.37. The van der Waals surface area contributed by atoms with Crippen molar-refractivity contribution in [3.63, 3.8) is 0 Å². The lowest BCUT2D eigenvalue weighted by Crippen LogP contribution is -2.01. The number of hydrogen-bond donors (Lipinski definition) is 2. The Labute approximate surface area is 107 Å². The van der Waals surface area contributed by atoms with Crippen LogP contribution in [0.15, 0.2) is 24.3 Å². The maximum Gasteiger partial charge on any atom is 0.113 e. The smallest absolute Gasteiger partial charge is 0.113 e. The molecule has 1 unspecified atom stereocenters. The summed E-state index contributed by atoms with van der Waals surface area (Å²) in [6.07, 6.45) is 0.626. The molecular weight excluding hydrogens is 232 g/mol. The first kappa shape index (κ1) is 14.8. The fourth-order valence-electron chi connectivity index (χ4n) is 1.60. The second-order valence-electron chi connectivity index (χ2n) is 4.32. The van der Waals surface area contributed by atoms with Gasteiger partial charge in [0.2, 0.25) is 0 Å². The molecule has 1 atom stereocenters. The molecule has 0 aromatic heterocycles. The third-order valence-electron chi connectivity index (χ3n) is 2.65. The third kappa shape index (κ3) is 5.38. The van der Waals surface area contributed by atoms with Gasteiger partial charge in [0.25, 0.3) is 0 Å². The number of ether oxygens (including phenoxy) is 1. The van der Waals surface area contributed by atoms with Gasteiger partial charge >= 0.3 is 0 Å². The van der Waals surface area contributed by atoms with Crippen molar-refractivity contribution in [1.29, 1.82) is 5.41 Å². The number of rotatable bonds is 8. The van der Waals surface area contributed by atoms with Crippen molar-refractivity contribution in [2.75, 3.05) is 13.3 Å². The van der Waals surface area contributed by atoms with Crippen LogP contribution in [0.5, 0.6) is 0 Å². The van der Waals surface area contributed by atoms with Gasteiger partial charge in [-0.1, -0.05) is 24.3 Å². The van der Waals surface area contributed by atoms with E-state index in [0.29, 0.717) is 25.2 Å². The van der Waals surface area contributed by atoms with Crippen LogP contribution in [0.1, 0.15) is 37.0 Å². The first-order valence-electron chi connectivity index (χ1n) is 6.08. The normalized spacial score (nSPS) is 12.4. The molecule has 0 amide bonds. The van der Waals surface area contributed by atoms with Gasteiger partial charge in [0.15, 0.2) is 0 Å². The Morgan fingerprint density at radius 3 is 2.61 bits per heavy atom. The molecule has 0 aliphatic carbocycles. The van der Waals surface area contributed by atoms with E-state index in [1.54, 1.807) is 6.92 Å². The highest BCUT2D eigenvalue weighted by Crippen LogP contribution is 2.19. The highest BCUT2D eigenvalue weighted by atomic mass is 18.2. The predicted molar refractivity (Wildman–Crippen MR) is 69.7 cm³/mol. The molecule has 2 N–H and O–H groups in total. The van der Waals surface area contributed by atoms with Crippen molar-refractivity contribution in [2.45, 2.75) is 32.5 Å². The van der Waals surface area contributed by atoms with Gasteiger partial charge in [-0.2, -0.15) is 0 Å². The van der Waals surface area contributed by atoms with E-state index in [9.17, 15) is 9.50 Å². The Morgan fingerprint density at radius 2 is 2.06 bits per heavy atom. The molecule has 4 heteroatoms. The zero-order valence-corrected chi connectivity index (χ0v) is 10.7. The zero-order chi connectivity index (χ0) is 13.4. The summed E-state index contributed by atoms with van der Waals surface area (Å²) in [5.41, 5.74) is 2.37. The zero-order valence-electron chi connectivity index (χ0n) is 10.7. The maximum absolute atomic E-state index is 11.8. The van der Waals surface area contributed by atoms with Gasteiger partial charge in [-0.25, -0.2) is 4.39 Å². The summed E-state index contributed by atoms with van der Waals surface area (Å²) in [6, 6.07) is 7.43. The van der Waals surface area contributed by atoms with Gasteiger partial charge in [0.05, 0.1) is 19.3 Å². The Bertz CT molecular complexity index is 365. The molecule has 1 aromatic rings. The van der Waals surface area contributed by atoms with Crippen molar-refractivity contribution in [3.8, 4) is 0 Å². The fourth-order valence-corrected chi connectivity index (χ4v) is 1.60. The minimum Gasteiger partial charge on any atom is -0.388 e. The van der Waals surface area contributed by atoms with E-state index < -0.39 is 12.8 Å². The summed E-state index contributed by atoms with van der Waals surface area (Å²) in [7, 11) is 0. The highest BCUT2D eigenvalue weighted by Gasteiger charge is 2.07. The first-order valence-corrected chi connectivity index (χ1v) is 6.08. The molecule has 100 valence electrons. The Hall–Kier alpha value is -1.26. The van der Waals surface area contributed by atoms with Crippen LogP contribution in [-0.4, -0.2) is 24.1 Å². The molecule has 1 aromatic carbocycles. The number of aliphatic hydroxyl groups excluding tert-OH is 1. The van der Waals surface area contributed by atoms with Gasteiger partial charge in [-0.05, 0) is 30.9 Å². The molecule has 0 aliphatic heterocycles. The van der Waals surface area contributed by atoms with Crippen LogP contribution in [0.25, 0.3) is 0 Å². The lowest BCUT2D eigenvalue weighted by molar-refractivity contribution is 0.106.